The molecule has 0 radical (unpaired) electrons. The van der Waals surface area contributed by atoms with Crippen LogP contribution in [-0.2, 0) is 6.54 Å². The van der Waals surface area contributed by atoms with Gasteiger partial charge in [0.25, 0.3) is 0 Å². The Kier molecular flexibility index (Phi) is 4.70. The molecule has 0 atom stereocenters. The van der Waals surface area contributed by atoms with E-state index in [1.54, 1.807) is 12.1 Å². The van der Waals surface area contributed by atoms with Crippen molar-refractivity contribution in [2.24, 2.45) is 0 Å². The summed E-state index contributed by atoms with van der Waals surface area (Å²) in [4.78, 5) is 0. The molecule has 0 saturated carbocycles. The Labute approximate surface area is 128 Å². The minimum Gasteiger partial charge on any atom is -0.380 e. The highest BCUT2D eigenvalue weighted by Crippen LogP contribution is 2.25. The highest BCUT2D eigenvalue weighted by molar-refractivity contribution is 14.1. The summed E-state index contributed by atoms with van der Waals surface area (Å²) < 4.78 is 14.7. The van der Waals surface area contributed by atoms with Gasteiger partial charge in [-0.2, -0.15) is 0 Å². The standard InChI is InChI=1S/C13H9Cl2FIN/c14-10-3-1-2-8(13(10)16)7-18-12-5-4-9(17)6-11(12)15/h1-6,18H,7H2. The van der Waals surface area contributed by atoms with Crippen LogP contribution in [0.3, 0.4) is 0 Å². The molecular weight excluding hydrogens is 387 g/mol. The van der Waals surface area contributed by atoms with E-state index < -0.39 is 5.82 Å². The predicted octanol–water partition coefficient (Wildman–Crippen LogP) is 5.35. The summed E-state index contributed by atoms with van der Waals surface area (Å²) in [5, 5.41) is 3.83. The Hall–Kier alpha value is -0.520. The van der Waals surface area contributed by atoms with Crippen LogP contribution in [0.1, 0.15) is 5.56 Å². The zero-order valence-electron chi connectivity index (χ0n) is 9.18. The maximum absolute atomic E-state index is 13.7. The average molecular weight is 396 g/mol. The molecule has 0 aromatic heterocycles. The summed E-state index contributed by atoms with van der Waals surface area (Å²) >= 11 is 14.0. The molecule has 0 spiro atoms. The molecule has 0 aliphatic rings. The van der Waals surface area contributed by atoms with Crippen LogP contribution in [0.4, 0.5) is 10.1 Å². The van der Waals surface area contributed by atoms with Crippen molar-refractivity contribution in [3.8, 4) is 0 Å². The van der Waals surface area contributed by atoms with Crippen molar-refractivity contribution in [2.45, 2.75) is 6.54 Å². The normalized spacial score (nSPS) is 10.4. The summed E-state index contributed by atoms with van der Waals surface area (Å²) in [6.07, 6.45) is 0. The first kappa shape index (κ1) is 13.9. The quantitative estimate of drug-likeness (QED) is 0.690. The molecule has 0 saturated heterocycles. The average Bonchev–Trinajstić information content (AvgIpc) is 2.33. The molecule has 0 unspecified atom stereocenters. The van der Waals surface area contributed by atoms with Crippen molar-refractivity contribution in [3.05, 3.63) is 61.4 Å². The molecule has 94 valence electrons. The third kappa shape index (κ3) is 3.28. The highest BCUT2D eigenvalue weighted by atomic mass is 127. The second-order valence-electron chi connectivity index (χ2n) is 3.69. The van der Waals surface area contributed by atoms with Crippen LogP contribution >= 0.6 is 45.8 Å². The molecule has 2 rings (SSSR count). The van der Waals surface area contributed by atoms with Gasteiger partial charge in [0.2, 0.25) is 0 Å². The number of benzene rings is 2. The largest absolute Gasteiger partial charge is 0.380 e. The van der Waals surface area contributed by atoms with Gasteiger partial charge in [-0.05, 0) is 46.9 Å². The SMILES string of the molecule is Fc1c(Cl)cccc1CNc1ccc(I)cc1Cl. The summed E-state index contributed by atoms with van der Waals surface area (Å²) in [5.74, 6) is -0.395. The minimum absolute atomic E-state index is 0.128. The molecule has 0 fully saturated rings. The number of nitrogens with one attached hydrogen (secondary N) is 1. The molecule has 0 aliphatic heterocycles. The van der Waals surface area contributed by atoms with Gasteiger partial charge in [-0.1, -0.05) is 35.3 Å². The van der Waals surface area contributed by atoms with E-state index >= 15 is 0 Å². The Bertz CT molecular complexity index is 575. The van der Waals surface area contributed by atoms with Crippen LogP contribution in [0.25, 0.3) is 0 Å². The van der Waals surface area contributed by atoms with Gasteiger partial charge in [0.1, 0.15) is 5.82 Å². The third-order valence-electron chi connectivity index (χ3n) is 2.43. The van der Waals surface area contributed by atoms with E-state index in [9.17, 15) is 4.39 Å². The van der Waals surface area contributed by atoms with Crippen molar-refractivity contribution in [3.63, 3.8) is 0 Å². The van der Waals surface area contributed by atoms with Crippen molar-refractivity contribution < 1.29 is 4.39 Å². The maximum atomic E-state index is 13.7. The Morgan fingerprint density at radius 2 is 1.89 bits per heavy atom. The van der Waals surface area contributed by atoms with Gasteiger partial charge in [0.05, 0.1) is 15.7 Å². The molecule has 0 heterocycles. The fourth-order valence-corrected chi connectivity index (χ4v) is 2.63. The van der Waals surface area contributed by atoms with E-state index in [1.807, 2.05) is 18.2 Å². The molecular formula is C13H9Cl2FIN. The van der Waals surface area contributed by atoms with E-state index in [0.717, 1.165) is 9.26 Å². The monoisotopic (exact) mass is 395 g/mol. The van der Waals surface area contributed by atoms with Crippen LogP contribution in [0, 0.1) is 9.39 Å². The predicted molar refractivity (Wildman–Crippen MR) is 82.9 cm³/mol. The van der Waals surface area contributed by atoms with Crippen molar-refractivity contribution in [1.82, 2.24) is 0 Å². The molecule has 2 aromatic rings. The third-order valence-corrected chi connectivity index (χ3v) is 3.71. The summed E-state index contributed by atoms with van der Waals surface area (Å²) in [6.45, 7) is 0.340. The summed E-state index contributed by atoms with van der Waals surface area (Å²) in [7, 11) is 0. The lowest BCUT2D eigenvalue weighted by atomic mass is 10.2. The van der Waals surface area contributed by atoms with Gasteiger partial charge in [-0.15, -0.1) is 0 Å². The number of anilines is 1. The van der Waals surface area contributed by atoms with Crippen molar-refractivity contribution in [2.75, 3.05) is 5.32 Å². The van der Waals surface area contributed by atoms with E-state index in [-0.39, 0.29) is 5.02 Å². The zero-order valence-corrected chi connectivity index (χ0v) is 12.9. The summed E-state index contributed by atoms with van der Waals surface area (Å²) in [6, 6.07) is 10.6. The molecule has 2 aromatic carbocycles. The summed E-state index contributed by atoms with van der Waals surface area (Å²) in [5.41, 5.74) is 1.29. The first-order chi connectivity index (χ1) is 8.58. The first-order valence-corrected chi connectivity index (χ1v) is 7.03. The second-order valence-corrected chi connectivity index (χ2v) is 5.75. The fraction of sp³-hybridized carbons (Fsp3) is 0.0769. The number of halogens is 4. The van der Waals surface area contributed by atoms with Gasteiger partial charge in [-0.25, -0.2) is 4.39 Å². The van der Waals surface area contributed by atoms with Crippen LogP contribution in [0.5, 0.6) is 0 Å². The molecule has 1 nitrogen and oxygen atoms in total. The maximum Gasteiger partial charge on any atom is 0.146 e. The molecule has 0 aliphatic carbocycles. The zero-order chi connectivity index (χ0) is 13.1. The topological polar surface area (TPSA) is 12.0 Å². The lowest BCUT2D eigenvalue weighted by Gasteiger charge is -2.10. The Balaban J connectivity index is 2.14. The minimum atomic E-state index is -0.395. The number of rotatable bonds is 3. The molecule has 5 heteroatoms. The van der Waals surface area contributed by atoms with Gasteiger partial charge in [-0.3, -0.25) is 0 Å². The highest BCUT2D eigenvalue weighted by Gasteiger charge is 2.07. The van der Waals surface area contributed by atoms with E-state index in [0.29, 0.717) is 17.1 Å². The molecule has 0 bridgehead atoms. The van der Waals surface area contributed by atoms with Crippen molar-refractivity contribution in [1.29, 1.82) is 0 Å². The van der Waals surface area contributed by atoms with E-state index in [2.05, 4.69) is 27.9 Å². The van der Waals surface area contributed by atoms with Crippen LogP contribution in [0.2, 0.25) is 10.0 Å². The molecule has 0 amide bonds. The lowest BCUT2D eigenvalue weighted by Crippen LogP contribution is -2.02. The van der Waals surface area contributed by atoms with Crippen molar-refractivity contribution >= 4 is 51.5 Å². The van der Waals surface area contributed by atoms with Gasteiger partial charge in [0, 0.05) is 15.7 Å². The number of hydrogen-bond donors (Lipinski definition) is 1. The van der Waals surface area contributed by atoms with E-state index in [1.165, 1.54) is 6.07 Å². The molecule has 18 heavy (non-hydrogen) atoms. The van der Waals surface area contributed by atoms with Crippen LogP contribution in [0.15, 0.2) is 36.4 Å². The van der Waals surface area contributed by atoms with Crippen LogP contribution in [-0.4, -0.2) is 0 Å². The van der Waals surface area contributed by atoms with E-state index in [4.69, 9.17) is 23.2 Å². The van der Waals surface area contributed by atoms with Gasteiger partial charge < -0.3 is 5.32 Å². The second kappa shape index (κ2) is 6.08. The Morgan fingerprint density at radius 1 is 1.11 bits per heavy atom. The smallest absolute Gasteiger partial charge is 0.146 e. The first-order valence-electron chi connectivity index (χ1n) is 5.20. The van der Waals surface area contributed by atoms with Crippen LogP contribution < -0.4 is 5.32 Å². The molecule has 1 N–H and O–H groups in total. The lowest BCUT2D eigenvalue weighted by molar-refractivity contribution is 0.613. The Morgan fingerprint density at radius 3 is 2.61 bits per heavy atom. The van der Waals surface area contributed by atoms with Gasteiger partial charge >= 0.3 is 0 Å². The number of hydrogen-bond acceptors (Lipinski definition) is 1. The van der Waals surface area contributed by atoms with Gasteiger partial charge in [0.15, 0.2) is 0 Å². The fourth-order valence-electron chi connectivity index (χ4n) is 1.51.